The van der Waals surface area contributed by atoms with Crippen molar-refractivity contribution in [3.05, 3.63) is 40.4 Å². The van der Waals surface area contributed by atoms with E-state index in [1.807, 2.05) is 6.26 Å². The summed E-state index contributed by atoms with van der Waals surface area (Å²) in [5, 5.41) is 0.936. The molecule has 0 atom stereocenters. The number of rotatable bonds is 6. The highest BCUT2D eigenvalue weighted by Gasteiger charge is 2.27. The van der Waals surface area contributed by atoms with E-state index < -0.39 is 15.9 Å². The summed E-state index contributed by atoms with van der Waals surface area (Å²) in [5.41, 5.74) is 7.51. The summed E-state index contributed by atoms with van der Waals surface area (Å²) >= 11 is 3.87. The molecule has 3 aromatic rings. The molecule has 0 aromatic carbocycles. The monoisotopic (exact) mass is 480 g/mol. The highest BCUT2D eigenvalue weighted by molar-refractivity contribution is 7.98. The number of fused-ring (bicyclic) bond motifs is 1. The Hall–Kier alpha value is -1.95. The molecule has 0 fully saturated rings. The van der Waals surface area contributed by atoms with Crippen molar-refractivity contribution < 1.29 is 13.2 Å². The van der Waals surface area contributed by atoms with Gasteiger partial charge in [0, 0.05) is 11.1 Å². The molecule has 1 amide bonds. The van der Waals surface area contributed by atoms with Gasteiger partial charge in [0.2, 0.25) is 0 Å². The van der Waals surface area contributed by atoms with Crippen LogP contribution in [0.4, 0.5) is 5.00 Å². The fourth-order valence-corrected chi connectivity index (χ4v) is 7.66. The minimum atomic E-state index is -3.86. The number of nitrogens with one attached hydrogen (secondary N) is 1. The highest BCUT2D eigenvalue weighted by atomic mass is 32.2. The molecule has 11 heteroatoms. The first kappa shape index (κ1) is 21.3. The number of primary amides is 1. The number of hydrogen-bond donors (Lipinski definition) is 2. The fourth-order valence-electron chi connectivity index (χ4n) is 3.43. The average Bonchev–Trinajstić information content (AvgIpc) is 3.28. The van der Waals surface area contributed by atoms with Crippen molar-refractivity contribution in [2.75, 3.05) is 11.0 Å². The summed E-state index contributed by atoms with van der Waals surface area (Å²) in [6, 6.07) is 5.02. The number of carbonyl (C=O) groups excluding carboxylic acids is 1. The largest absolute Gasteiger partial charge is 0.365 e. The Morgan fingerprint density at radius 2 is 1.97 bits per heavy atom. The van der Waals surface area contributed by atoms with Gasteiger partial charge in [-0.1, -0.05) is 18.2 Å². The molecular formula is C19H20N4O3S4. The van der Waals surface area contributed by atoms with E-state index in [0.29, 0.717) is 21.4 Å². The van der Waals surface area contributed by atoms with Gasteiger partial charge in [-0.15, -0.1) is 22.7 Å². The number of sulfonamides is 1. The first-order valence-corrected chi connectivity index (χ1v) is 13.7. The maximum Gasteiger partial charge on any atom is 0.272 e. The molecule has 4 rings (SSSR count). The number of nitrogens with zero attached hydrogens (tertiary/aromatic N) is 2. The first-order valence-electron chi connectivity index (χ1n) is 9.33. The zero-order chi connectivity index (χ0) is 21.3. The lowest BCUT2D eigenvalue weighted by molar-refractivity contribution is 0.100. The summed E-state index contributed by atoms with van der Waals surface area (Å²) in [4.78, 5) is 22.5. The third-order valence-electron chi connectivity index (χ3n) is 4.81. The highest BCUT2D eigenvalue weighted by Crippen LogP contribution is 2.39. The SMILES string of the molecule is CSc1nccc(-c2ccc(S(=O)(=O)Nc3sc4c(c3C(N)=O)CCCCC4)s2)n1. The fraction of sp³-hybridized carbons (Fsp3) is 0.316. The Balaban J connectivity index is 1.66. The number of thiophene rings is 2. The Morgan fingerprint density at radius 1 is 1.17 bits per heavy atom. The maximum absolute atomic E-state index is 13.0. The van der Waals surface area contributed by atoms with Crippen LogP contribution in [-0.4, -0.2) is 30.5 Å². The van der Waals surface area contributed by atoms with Gasteiger partial charge in [0.15, 0.2) is 5.16 Å². The van der Waals surface area contributed by atoms with Gasteiger partial charge in [0.05, 0.1) is 16.1 Å². The summed E-state index contributed by atoms with van der Waals surface area (Å²) in [6.45, 7) is 0. The molecule has 0 radical (unpaired) electrons. The lowest BCUT2D eigenvalue weighted by atomic mass is 10.1. The summed E-state index contributed by atoms with van der Waals surface area (Å²) in [6.07, 6.45) is 8.23. The van der Waals surface area contributed by atoms with Gasteiger partial charge in [-0.25, -0.2) is 18.4 Å². The van der Waals surface area contributed by atoms with Crippen molar-refractivity contribution in [2.45, 2.75) is 41.5 Å². The summed E-state index contributed by atoms with van der Waals surface area (Å²) in [7, 11) is -3.86. The molecule has 1 aliphatic carbocycles. The Morgan fingerprint density at radius 3 is 2.73 bits per heavy atom. The van der Waals surface area contributed by atoms with Gasteiger partial charge in [0.1, 0.15) is 9.21 Å². The van der Waals surface area contributed by atoms with Crippen LogP contribution in [0.15, 0.2) is 33.8 Å². The number of thioether (sulfide) groups is 1. The van der Waals surface area contributed by atoms with E-state index in [0.717, 1.165) is 58.8 Å². The predicted molar refractivity (Wildman–Crippen MR) is 122 cm³/mol. The van der Waals surface area contributed by atoms with Crippen LogP contribution in [0.3, 0.4) is 0 Å². The van der Waals surface area contributed by atoms with E-state index in [4.69, 9.17) is 5.73 Å². The van der Waals surface area contributed by atoms with Crippen LogP contribution in [0.25, 0.3) is 10.6 Å². The Labute approximate surface area is 187 Å². The third-order valence-corrected chi connectivity index (χ3v) is 9.66. The smallest absolute Gasteiger partial charge is 0.272 e. The second-order valence-electron chi connectivity index (χ2n) is 6.79. The number of hydrogen-bond acceptors (Lipinski definition) is 8. The minimum absolute atomic E-state index is 0.154. The molecule has 3 N–H and O–H groups in total. The van der Waals surface area contributed by atoms with Crippen LogP contribution >= 0.6 is 34.4 Å². The van der Waals surface area contributed by atoms with Crippen LogP contribution < -0.4 is 10.5 Å². The minimum Gasteiger partial charge on any atom is -0.365 e. The zero-order valence-electron chi connectivity index (χ0n) is 16.2. The molecule has 1 aliphatic rings. The second kappa shape index (κ2) is 8.66. The van der Waals surface area contributed by atoms with E-state index in [-0.39, 0.29) is 4.21 Å². The molecule has 0 spiro atoms. The number of carbonyl (C=O) groups is 1. The number of anilines is 1. The van der Waals surface area contributed by atoms with Gasteiger partial charge in [0.25, 0.3) is 15.9 Å². The van der Waals surface area contributed by atoms with Crippen molar-refractivity contribution in [1.29, 1.82) is 0 Å². The normalized spacial score (nSPS) is 14.2. The molecule has 0 unspecified atom stereocenters. The molecule has 0 bridgehead atoms. The van der Waals surface area contributed by atoms with E-state index >= 15 is 0 Å². The molecule has 0 saturated carbocycles. The van der Waals surface area contributed by atoms with Crippen LogP contribution in [0, 0.1) is 0 Å². The lowest BCUT2D eigenvalue weighted by Gasteiger charge is -2.07. The molecule has 7 nitrogen and oxygen atoms in total. The van der Waals surface area contributed by atoms with E-state index in [1.54, 1.807) is 24.4 Å². The Bertz CT molecular complexity index is 1200. The van der Waals surface area contributed by atoms with Crippen molar-refractivity contribution in [1.82, 2.24) is 9.97 Å². The molecule has 30 heavy (non-hydrogen) atoms. The first-order chi connectivity index (χ1) is 14.4. The number of amides is 1. The Kier molecular flexibility index (Phi) is 6.14. The van der Waals surface area contributed by atoms with Crippen molar-refractivity contribution in [2.24, 2.45) is 5.73 Å². The van der Waals surface area contributed by atoms with Gasteiger partial charge in [-0.2, -0.15) is 0 Å². The summed E-state index contributed by atoms with van der Waals surface area (Å²) < 4.78 is 28.9. The number of aromatic nitrogens is 2. The van der Waals surface area contributed by atoms with E-state index in [9.17, 15) is 13.2 Å². The van der Waals surface area contributed by atoms with Crippen molar-refractivity contribution in [3.8, 4) is 10.6 Å². The third kappa shape index (κ3) is 4.25. The zero-order valence-corrected chi connectivity index (χ0v) is 19.4. The van der Waals surface area contributed by atoms with Crippen molar-refractivity contribution in [3.63, 3.8) is 0 Å². The van der Waals surface area contributed by atoms with Gasteiger partial charge >= 0.3 is 0 Å². The molecule has 0 aliphatic heterocycles. The van der Waals surface area contributed by atoms with Gasteiger partial charge < -0.3 is 5.73 Å². The average molecular weight is 481 g/mol. The number of nitrogens with two attached hydrogens (primary N) is 1. The van der Waals surface area contributed by atoms with Gasteiger partial charge in [-0.3, -0.25) is 9.52 Å². The maximum atomic E-state index is 13.0. The van der Waals surface area contributed by atoms with Crippen LogP contribution in [-0.2, 0) is 22.9 Å². The molecular weight excluding hydrogens is 461 g/mol. The second-order valence-corrected chi connectivity index (χ2v) is 11.7. The molecule has 3 aromatic heterocycles. The molecule has 0 saturated heterocycles. The van der Waals surface area contributed by atoms with E-state index in [2.05, 4.69) is 14.7 Å². The van der Waals surface area contributed by atoms with Crippen LogP contribution in [0.5, 0.6) is 0 Å². The summed E-state index contributed by atoms with van der Waals surface area (Å²) in [5.74, 6) is -0.593. The van der Waals surface area contributed by atoms with Crippen LogP contribution in [0.2, 0.25) is 0 Å². The predicted octanol–water partition coefficient (Wildman–Crippen LogP) is 4.16. The topological polar surface area (TPSA) is 115 Å². The molecule has 3 heterocycles. The lowest BCUT2D eigenvalue weighted by Crippen LogP contribution is -2.17. The van der Waals surface area contributed by atoms with Crippen molar-refractivity contribution >= 4 is 55.4 Å². The van der Waals surface area contributed by atoms with E-state index in [1.165, 1.54) is 23.1 Å². The van der Waals surface area contributed by atoms with Gasteiger partial charge in [-0.05, 0) is 55.7 Å². The standard InChI is InChI=1S/C19H20N4O3S4/c1-27-19-21-10-9-12(22-19)14-7-8-15(28-14)30(25,26)23-18-16(17(20)24)11-5-3-2-4-6-13(11)29-18/h7-10,23H,2-6H2,1H3,(H2,20,24). The molecule has 158 valence electrons. The quantitative estimate of drug-likeness (QED) is 0.311. The van der Waals surface area contributed by atoms with Crippen LogP contribution in [0.1, 0.15) is 40.1 Å². The number of aryl methyl sites for hydroxylation is 1.